The molecule has 0 radical (unpaired) electrons. The number of carboxylic acid groups (broad SMARTS) is 1. The molecular formula is C11H11FN2O2. The highest BCUT2D eigenvalue weighted by Crippen LogP contribution is 2.15. The maximum Gasteiger partial charge on any atom is 0.354 e. The van der Waals surface area contributed by atoms with Crippen LogP contribution in [-0.4, -0.2) is 20.5 Å². The van der Waals surface area contributed by atoms with Crippen molar-refractivity contribution in [3.05, 3.63) is 35.5 Å². The van der Waals surface area contributed by atoms with Gasteiger partial charge in [0.05, 0.1) is 5.69 Å². The van der Waals surface area contributed by atoms with Crippen molar-refractivity contribution in [3.63, 3.8) is 0 Å². The molecule has 2 rings (SSSR count). The maximum absolute atomic E-state index is 13.0. The van der Waals surface area contributed by atoms with Gasteiger partial charge in [-0.3, -0.25) is 4.40 Å². The Bertz CT molecular complexity index is 548. The van der Waals surface area contributed by atoms with Crippen LogP contribution < -0.4 is 0 Å². The lowest BCUT2D eigenvalue weighted by Gasteiger charge is -1.98. The molecule has 0 aromatic carbocycles. The van der Waals surface area contributed by atoms with Gasteiger partial charge in [0, 0.05) is 6.20 Å². The summed E-state index contributed by atoms with van der Waals surface area (Å²) in [7, 11) is 0. The fourth-order valence-electron chi connectivity index (χ4n) is 1.71. The molecule has 0 aliphatic rings. The van der Waals surface area contributed by atoms with Crippen LogP contribution in [-0.2, 0) is 6.42 Å². The molecule has 0 spiro atoms. The van der Waals surface area contributed by atoms with Crippen molar-refractivity contribution < 1.29 is 14.3 Å². The summed E-state index contributed by atoms with van der Waals surface area (Å²) in [6, 6.07) is 2.74. The summed E-state index contributed by atoms with van der Waals surface area (Å²) in [5.74, 6) is -1.56. The molecule has 0 aliphatic carbocycles. The number of aromatic carboxylic acids is 1. The minimum absolute atomic E-state index is 0.0522. The number of rotatable bonds is 3. The summed E-state index contributed by atoms with van der Waals surface area (Å²) in [5.41, 5.74) is 1.01. The monoisotopic (exact) mass is 222 g/mol. The van der Waals surface area contributed by atoms with Gasteiger partial charge >= 0.3 is 5.97 Å². The summed E-state index contributed by atoms with van der Waals surface area (Å²) in [4.78, 5) is 15.3. The van der Waals surface area contributed by atoms with E-state index in [1.54, 1.807) is 0 Å². The topological polar surface area (TPSA) is 54.6 Å². The number of pyridine rings is 1. The molecule has 2 aromatic heterocycles. The molecule has 0 amide bonds. The van der Waals surface area contributed by atoms with E-state index in [2.05, 4.69) is 4.98 Å². The third-order valence-electron chi connectivity index (χ3n) is 2.34. The third-order valence-corrected chi connectivity index (χ3v) is 2.34. The Hall–Kier alpha value is -1.91. The first-order valence-corrected chi connectivity index (χ1v) is 5.03. The zero-order valence-electron chi connectivity index (χ0n) is 8.77. The number of nitrogens with zero attached hydrogens (tertiary/aromatic N) is 2. The van der Waals surface area contributed by atoms with E-state index in [0.717, 1.165) is 12.6 Å². The van der Waals surface area contributed by atoms with Crippen LogP contribution in [0.5, 0.6) is 0 Å². The summed E-state index contributed by atoms with van der Waals surface area (Å²) >= 11 is 0. The summed E-state index contributed by atoms with van der Waals surface area (Å²) < 4.78 is 14.3. The van der Waals surface area contributed by atoms with Gasteiger partial charge in [0.15, 0.2) is 5.69 Å². The van der Waals surface area contributed by atoms with E-state index in [1.165, 1.54) is 16.5 Å². The predicted octanol–water partition coefficient (Wildman–Crippen LogP) is 2.12. The molecule has 4 nitrogen and oxygen atoms in total. The van der Waals surface area contributed by atoms with E-state index in [9.17, 15) is 9.18 Å². The van der Waals surface area contributed by atoms with E-state index in [1.807, 2.05) is 6.92 Å². The van der Waals surface area contributed by atoms with Crippen LogP contribution in [0, 0.1) is 5.82 Å². The van der Waals surface area contributed by atoms with Crippen molar-refractivity contribution in [2.75, 3.05) is 0 Å². The van der Waals surface area contributed by atoms with E-state index in [4.69, 9.17) is 5.11 Å². The van der Waals surface area contributed by atoms with Gasteiger partial charge in [-0.25, -0.2) is 14.2 Å². The number of carboxylic acids is 1. The zero-order chi connectivity index (χ0) is 11.7. The number of hydrogen-bond acceptors (Lipinski definition) is 2. The van der Waals surface area contributed by atoms with Crippen LogP contribution >= 0.6 is 0 Å². The average molecular weight is 222 g/mol. The normalized spacial score (nSPS) is 10.9. The van der Waals surface area contributed by atoms with E-state index in [0.29, 0.717) is 17.8 Å². The number of fused-ring (bicyclic) bond motifs is 1. The SMILES string of the molecule is CCCc1nc2ccc(F)cn2c1C(=O)O. The average Bonchev–Trinajstić information content (AvgIpc) is 2.55. The smallest absolute Gasteiger partial charge is 0.354 e. The van der Waals surface area contributed by atoms with Crippen molar-refractivity contribution in [2.45, 2.75) is 19.8 Å². The van der Waals surface area contributed by atoms with Gasteiger partial charge in [0.25, 0.3) is 0 Å². The van der Waals surface area contributed by atoms with Gasteiger partial charge in [0.2, 0.25) is 0 Å². The summed E-state index contributed by atoms with van der Waals surface area (Å²) in [5, 5.41) is 9.09. The van der Waals surface area contributed by atoms with Gasteiger partial charge in [-0.1, -0.05) is 13.3 Å². The van der Waals surface area contributed by atoms with Crippen LogP contribution in [0.25, 0.3) is 5.65 Å². The molecule has 5 heteroatoms. The fourth-order valence-corrected chi connectivity index (χ4v) is 1.71. The first kappa shape index (κ1) is 10.6. The molecular weight excluding hydrogens is 211 g/mol. The lowest BCUT2D eigenvalue weighted by atomic mass is 10.2. The number of imidazole rings is 1. The Morgan fingerprint density at radius 1 is 1.56 bits per heavy atom. The summed E-state index contributed by atoms with van der Waals surface area (Å²) in [6.07, 6.45) is 2.52. The largest absolute Gasteiger partial charge is 0.477 e. The molecule has 0 unspecified atom stereocenters. The summed E-state index contributed by atoms with van der Waals surface area (Å²) in [6.45, 7) is 1.94. The predicted molar refractivity (Wildman–Crippen MR) is 56.1 cm³/mol. The molecule has 0 bridgehead atoms. The zero-order valence-corrected chi connectivity index (χ0v) is 8.77. The second-order valence-electron chi connectivity index (χ2n) is 3.54. The highest BCUT2D eigenvalue weighted by atomic mass is 19.1. The lowest BCUT2D eigenvalue weighted by Crippen LogP contribution is -2.05. The van der Waals surface area contributed by atoms with Crippen LogP contribution in [0.2, 0.25) is 0 Å². The highest BCUT2D eigenvalue weighted by molar-refractivity contribution is 5.88. The molecule has 2 aromatic rings. The third kappa shape index (κ3) is 1.64. The molecule has 2 heterocycles. The van der Waals surface area contributed by atoms with E-state index in [-0.39, 0.29) is 5.69 Å². The van der Waals surface area contributed by atoms with Crippen molar-refractivity contribution in [2.24, 2.45) is 0 Å². The molecule has 0 fully saturated rings. The molecule has 0 aliphatic heterocycles. The molecule has 0 saturated carbocycles. The van der Waals surface area contributed by atoms with Crippen LogP contribution in [0.15, 0.2) is 18.3 Å². The van der Waals surface area contributed by atoms with Crippen molar-refractivity contribution in [3.8, 4) is 0 Å². The van der Waals surface area contributed by atoms with Crippen LogP contribution in [0.4, 0.5) is 4.39 Å². The number of aryl methyl sites for hydroxylation is 1. The van der Waals surface area contributed by atoms with Crippen LogP contribution in [0.3, 0.4) is 0 Å². The Morgan fingerprint density at radius 3 is 2.94 bits per heavy atom. The van der Waals surface area contributed by atoms with Crippen molar-refractivity contribution in [1.82, 2.24) is 9.38 Å². The molecule has 1 N–H and O–H groups in total. The number of aromatic nitrogens is 2. The number of halogens is 1. The van der Waals surface area contributed by atoms with Crippen molar-refractivity contribution >= 4 is 11.6 Å². The number of hydrogen-bond donors (Lipinski definition) is 1. The molecule has 0 saturated heterocycles. The van der Waals surface area contributed by atoms with Gasteiger partial charge in [-0.2, -0.15) is 0 Å². The van der Waals surface area contributed by atoms with Crippen molar-refractivity contribution in [1.29, 1.82) is 0 Å². The Kier molecular flexibility index (Phi) is 2.60. The lowest BCUT2D eigenvalue weighted by molar-refractivity contribution is 0.0688. The number of carbonyl (C=O) groups is 1. The molecule has 16 heavy (non-hydrogen) atoms. The standard InChI is InChI=1S/C11H11FN2O2/c1-2-3-8-10(11(15)16)14-6-7(12)4-5-9(14)13-8/h4-6H,2-3H2,1H3,(H,15,16). The quantitative estimate of drug-likeness (QED) is 0.865. The second kappa shape index (κ2) is 3.92. The van der Waals surface area contributed by atoms with E-state index < -0.39 is 11.8 Å². The van der Waals surface area contributed by atoms with E-state index >= 15 is 0 Å². The molecule has 0 atom stereocenters. The minimum atomic E-state index is -1.08. The fraction of sp³-hybridized carbons (Fsp3) is 0.273. The van der Waals surface area contributed by atoms with Gasteiger partial charge in [-0.05, 0) is 18.6 Å². The second-order valence-corrected chi connectivity index (χ2v) is 3.54. The maximum atomic E-state index is 13.0. The minimum Gasteiger partial charge on any atom is -0.477 e. The van der Waals surface area contributed by atoms with Gasteiger partial charge in [-0.15, -0.1) is 0 Å². The van der Waals surface area contributed by atoms with Gasteiger partial charge < -0.3 is 5.11 Å². The van der Waals surface area contributed by atoms with Gasteiger partial charge in [0.1, 0.15) is 11.5 Å². The first-order valence-electron chi connectivity index (χ1n) is 5.03. The Labute approximate surface area is 91.4 Å². The molecule has 84 valence electrons. The van der Waals surface area contributed by atoms with Crippen LogP contribution in [0.1, 0.15) is 29.5 Å². The Morgan fingerprint density at radius 2 is 2.31 bits per heavy atom. The highest BCUT2D eigenvalue weighted by Gasteiger charge is 2.17. The Balaban J connectivity index is 2.72. The first-order chi connectivity index (χ1) is 7.63.